The third-order valence-corrected chi connectivity index (χ3v) is 2.50. The van der Waals surface area contributed by atoms with Gasteiger partial charge in [0.2, 0.25) is 5.95 Å². The van der Waals surface area contributed by atoms with Crippen molar-refractivity contribution in [3.63, 3.8) is 0 Å². The molecular formula is C13H23N3. The fourth-order valence-electron chi connectivity index (χ4n) is 1.46. The Kier molecular flexibility index (Phi) is 4.27. The van der Waals surface area contributed by atoms with Crippen molar-refractivity contribution in [2.24, 2.45) is 5.41 Å². The number of hydrogen-bond acceptors (Lipinski definition) is 3. The Morgan fingerprint density at radius 1 is 1.38 bits per heavy atom. The zero-order valence-electron chi connectivity index (χ0n) is 11.0. The predicted octanol–water partition coefficient (Wildman–Crippen LogP) is 3.41. The minimum absolute atomic E-state index is 0.392. The summed E-state index contributed by atoms with van der Waals surface area (Å²) in [7, 11) is 0. The molecule has 0 bridgehead atoms. The van der Waals surface area contributed by atoms with Crippen LogP contribution in [0.5, 0.6) is 0 Å². The van der Waals surface area contributed by atoms with E-state index in [2.05, 4.69) is 43.0 Å². The van der Waals surface area contributed by atoms with Crippen LogP contribution >= 0.6 is 0 Å². The number of hydrogen-bond donors (Lipinski definition) is 1. The van der Waals surface area contributed by atoms with E-state index in [-0.39, 0.29) is 0 Å². The summed E-state index contributed by atoms with van der Waals surface area (Å²) in [6, 6.07) is 2.33. The van der Waals surface area contributed by atoms with Crippen molar-refractivity contribution < 1.29 is 0 Å². The van der Waals surface area contributed by atoms with Gasteiger partial charge in [0.15, 0.2) is 0 Å². The van der Waals surface area contributed by atoms with E-state index in [4.69, 9.17) is 0 Å². The van der Waals surface area contributed by atoms with Crippen LogP contribution in [0, 0.1) is 12.3 Å². The number of anilines is 1. The van der Waals surface area contributed by atoms with Gasteiger partial charge < -0.3 is 5.32 Å². The van der Waals surface area contributed by atoms with Crippen molar-refractivity contribution in [1.29, 1.82) is 0 Å². The molecule has 1 atom stereocenters. The highest BCUT2D eigenvalue weighted by Crippen LogP contribution is 2.22. The zero-order chi connectivity index (χ0) is 12.2. The minimum atomic E-state index is 0.392. The Balaban J connectivity index is 2.43. The molecule has 0 saturated heterocycles. The Bertz CT molecular complexity index is 328. The average Bonchev–Trinajstić information content (AvgIpc) is 2.14. The van der Waals surface area contributed by atoms with Gasteiger partial charge in [0.1, 0.15) is 0 Å². The molecule has 1 aromatic rings. The van der Waals surface area contributed by atoms with Gasteiger partial charge in [-0.2, -0.15) is 0 Å². The van der Waals surface area contributed by atoms with Crippen molar-refractivity contribution in [2.45, 2.75) is 53.5 Å². The van der Waals surface area contributed by atoms with Gasteiger partial charge >= 0.3 is 0 Å². The molecule has 1 N–H and O–H groups in total. The molecule has 0 aliphatic rings. The summed E-state index contributed by atoms with van der Waals surface area (Å²) in [5, 5.41) is 3.33. The van der Waals surface area contributed by atoms with Gasteiger partial charge in [-0.25, -0.2) is 9.97 Å². The lowest BCUT2D eigenvalue weighted by atomic mass is 9.89. The maximum Gasteiger partial charge on any atom is 0.223 e. The number of aromatic nitrogens is 2. The average molecular weight is 221 g/mol. The maximum atomic E-state index is 4.34. The molecule has 0 radical (unpaired) electrons. The molecule has 1 aromatic heterocycles. The Labute approximate surface area is 98.7 Å². The summed E-state index contributed by atoms with van der Waals surface area (Å²) in [6.45, 7) is 11.0. The van der Waals surface area contributed by atoms with Crippen LogP contribution in [0.4, 0.5) is 5.95 Å². The number of nitrogens with zero attached hydrogens (tertiary/aromatic N) is 2. The molecule has 0 fully saturated rings. The lowest BCUT2D eigenvalue weighted by Crippen LogP contribution is -2.19. The van der Waals surface area contributed by atoms with Gasteiger partial charge in [-0.1, -0.05) is 20.8 Å². The smallest absolute Gasteiger partial charge is 0.223 e. The quantitative estimate of drug-likeness (QED) is 0.846. The summed E-state index contributed by atoms with van der Waals surface area (Å²) >= 11 is 0. The van der Waals surface area contributed by atoms with Crippen molar-refractivity contribution in [2.75, 3.05) is 5.32 Å². The summed E-state index contributed by atoms with van der Waals surface area (Å²) in [6.07, 6.45) is 4.13. The van der Waals surface area contributed by atoms with Crippen LogP contribution in [0.25, 0.3) is 0 Å². The first-order valence-corrected chi connectivity index (χ1v) is 5.93. The van der Waals surface area contributed by atoms with E-state index in [1.54, 1.807) is 6.20 Å². The fourth-order valence-corrected chi connectivity index (χ4v) is 1.46. The molecule has 1 rings (SSSR count). The van der Waals surface area contributed by atoms with E-state index in [1.807, 2.05) is 13.0 Å². The van der Waals surface area contributed by atoms with Gasteiger partial charge in [-0.15, -0.1) is 0 Å². The SMILES string of the molecule is Cc1ccnc(NC(C)CCC(C)(C)C)n1. The number of rotatable bonds is 4. The Morgan fingerprint density at radius 3 is 2.62 bits per heavy atom. The van der Waals surface area contributed by atoms with Gasteiger partial charge in [0.05, 0.1) is 0 Å². The summed E-state index contributed by atoms with van der Waals surface area (Å²) in [5.74, 6) is 0.737. The molecule has 0 amide bonds. The van der Waals surface area contributed by atoms with Crippen LogP contribution in [0.2, 0.25) is 0 Å². The van der Waals surface area contributed by atoms with E-state index in [1.165, 1.54) is 6.42 Å². The second-order valence-corrected chi connectivity index (χ2v) is 5.67. The molecule has 0 saturated carbocycles. The molecule has 3 nitrogen and oxygen atoms in total. The van der Waals surface area contributed by atoms with Crippen LogP contribution < -0.4 is 5.32 Å². The minimum Gasteiger partial charge on any atom is -0.352 e. The lowest BCUT2D eigenvalue weighted by Gasteiger charge is -2.21. The molecule has 90 valence electrons. The number of nitrogens with one attached hydrogen (secondary N) is 1. The van der Waals surface area contributed by atoms with Crippen LogP contribution in [0.3, 0.4) is 0 Å². The van der Waals surface area contributed by atoms with E-state index in [9.17, 15) is 0 Å². The van der Waals surface area contributed by atoms with Crippen molar-refractivity contribution in [1.82, 2.24) is 9.97 Å². The van der Waals surface area contributed by atoms with E-state index < -0.39 is 0 Å². The normalized spacial score (nSPS) is 13.6. The fraction of sp³-hybridized carbons (Fsp3) is 0.692. The van der Waals surface area contributed by atoms with Gasteiger partial charge in [0, 0.05) is 17.9 Å². The molecule has 1 heterocycles. The third-order valence-electron chi connectivity index (χ3n) is 2.50. The largest absolute Gasteiger partial charge is 0.352 e. The van der Waals surface area contributed by atoms with Crippen LogP contribution in [-0.2, 0) is 0 Å². The molecule has 1 unspecified atom stereocenters. The molecule has 0 aromatic carbocycles. The molecule has 0 aliphatic heterocycles. The first-order valence-electron chi connectivity index (χ1n) is 5.93. The van der Waals surface area contributed by atoms with Crippen molar-refractivity contribution >= 4 is 5.95 Å². The third kappa shape index (κ3) is 5.10. The van der Waals surface area contributed by atoms with E-state index in [0.717, 1.165) is 18.1 Å². The predicted molar refractivity (Wildman–Crippen MR) is 68.5 cm³/mol. The van der Waals surface area contributed by atoms with E-state index in [0.29, 0.717) is 11.5 Å². The summed E-state index contributed by atoms with van der Waals surface area (Å²) < 4.78 is 0. The topological polar surface area (TPSA) is 37.8 Å². The first kappa shape index (κ1) is 12.9. The van der Waals surface area contributed by atoms with Crippen LogP contribution in [-0.4, -0.2) is 16.0 Å². The van der Waals surface area contributed by atoms with Gasteiger partial charge in [-0.3, -0.25) is 0 Å². The molecule has 16 heavy (non-hydrogen) atoms. The highest BCUT2D eigenvalue weighted by molar-refractivity contribution is 5.25. The first-order chi connectivity index (χ1) is 7.37. The van der Waals surface area contributed by atoms with Gasteiger partial charge in [0.25, 0.3) is 0 Å². The van der Waals surface area contributed by atoms with Gasteiger partial charge in [-0.05, 0) is 38.2 Å². The summed E-state index contributed by atoms with van der Waals surface area (Å²) in [4.78, 5) is 8.54. The standard InChI is InChI=1S/C13H23N3/c1-10(6-8-13(3,4)5)15-12-14-9-7-11(2)16-12/h7,9-10H,6,8H2,1-5H3,(H,14,15,16). The second kappa shape index (κ2) is 5.28. The van der Waals surface area contributed by atoms with E-state index >= 15 is 0 Å². The highest BCUT2D eigenvalue weighted by Gasteiger charge is 2.12. The summed E-state index contributed by atoms with van der Waals surface area (Å²) in [5.41, 5.74) is 1.39. The highest BCUT2D eigenvalue weighted by atomic mass is 15.1. The molecular weight excluding hydrogens is 198 g/mol. The number of aryl methyl sites for hydroxylation is 1. The molecule has 0 spiro atoms. The Morgan fingerprint density at radius 2 is 2.06 bits per heavy atom. The Hall–Kier alpha value is -1.12. The second-order valence-electron chi connectivity index (χ2n) is 5.67. The van der Waals surface area contributed by atoms with Crippen molar-refractivity contribution in [3.8, 4) is 0 Å². The zero-order valence-corrected chi connectivity index (χ0v) is 11.0. The molecule has 3 heteroatoms. The molecule has 0 aliphatic carbocycles. The lowest BCUT2D eigenvalue weighted by molar-refractivity contribution is 0.356. The van der Waals surface area contributed by atoms with Crippen LogP contribution in [0.15, 0.2) is 12.3 Å². The maximum absolute atomic E-state index is 4.34. The monoisotopic (exact) mass is 221 g/mol. The van der Waals surface area contributed by atoms with Crippen LogP contribution in [0.1, 0.15) is 46.2 Å². The van der Waals surface area contributed by atoms with Crippen molar-refractivity contribution in [3.05, 3.63) is 18.0 Å².